The topological polar surface area (TPSA) is 37.8 Å². The Hall–Kier alpha value is -1.47. The molecule has 0 fully saturated rings. The van der Waals surface area contributed by atoms with Crippen LogP contribution in [-0.2, 0) is 0 Å². The fourth-order valence-electron chi connectivity index (χ4n) is 1.88. The highest BCUT2D eigenvalue weighted by Crippen LogP contribution is 2.29. The first-order valence-corrected chi connectivity index (χ1v) is 7.24. The molecular formula is C14H8ClFIN3. The molecule has 1 heterocycles. The molecule has 0 unspecified atom stereocenters. The Morgan fingerprint density at radius 1 is 1.05 bits per heavy atom. The highest BCUT2D eigenvalue weighted by atomic mass is 127. The minimum absolute atomic E-state index is 0.271. The summed E-state index contributed by atoms with van der Waals surface area (Å²) in [7, 11) is 0. The van der Waals surface area contributed by atoms with Crippen molar-refractivity contribution in [3.63, 3.8) is 0 Å². The van der Waals surface area contributed by atoms with Crippen LogP contribution in [0, 0.1) is 9.39 Å². The van der Waals surface area contributed by atoms with E-state index >= 15 is 0 Å². The number of aromatic nitrogens is 2. The van der Waals surface area contributed by atoms with E-state index in [9.17, 15) is 4.39 Å². The Bertz CT molecular complexity index is 794. The second kappa shape index (κ2) is 5.49. The van der Waals surface area contributed by atoms with Crippen molar-refractivity contribution < 1.29 is 4.39 Å². The van der Waals surface area contributed by atoms with Gasteiger partial charge < -0.3 is 5.32 Å². The quantitative estimate of drug-likeness (QED) is 0.631. The SMILES string of the molecule is Fc1ccc(Nc2nnc(Cl)c3ccccc23)c(I)c1. The summed E-state index contributed by atoms with van der Waals surface area (Å²) in [5.41, 5.74) is 0.772. The second-order valence-corrected chi connectivity index (χ2v) is 5.65. The van der Waals surface area contributed by atoms with Crippen molar-refractivity contribution in [1.82, 2.24) is 10.2 Å². The predicted octanol–water partition coefficient (Wildman–Crippen LogP) is 4.77. The summed E-state index contributed by atoms with van der Waals surface area (Å²) in [4.78, 5) is 0. The lowest BCUT2D eigenvalue weighted by atomic mass is 10.2. The molecule has 6 heteroatoms. The van der Waals surface area contributed by atoms with E-state index in [1.54, 1.807) is 6.07 Å². The van der Waals surface area contributed by atoms with Crippen molar-refractivity contribution in [1.29, 1.82) is 0 Å². The maximum absolute atomic E-state index is 13.1. The van der Waals surface area contributed by atoms with Crippen molar-refractivity contribution in [2.75, 3.05) is 5.32 Å². The van der Waals surface area contributed by atoms with Crippen LogP contribution in [0.25, 0.3) is 10.8 Å². The average Bonchev–Trinajstić information content (AvgIpc) is 2.45. The molecule has 20 heavy (non-hydrogen) atoms. The zero-order chi connectivity index (χ0) is 14.1. The molecule has 0 atom stereocenters. The Morgan fingerprint density at radius 2 is 1.80 bits per heavy atom. The molecule has 3 aromatic rings. The van der Waals surface area contributed by atoms with E-state index in [-0.39, 0.29) is 5.82 Å². The molecule has 0 saturated heterocycles. The van der Waals surface area contributed by atoms with E-state index in [2.05, 4.69) is 38.1 Å². The van der Waals surface area contributed by atoms with Crippen LogP contribution >= 0.6 is 34.2 Å². The van der Waals surface area contributed by atoms with Gasteiger partial charge in [-0.05, 0) is 40.8 Å². The number of hydrogen-bond acceptors (Lipinski definition) is 3. The average molecular weight is 400 g/mol. The molecule has 0 saturated carbocycles. The van der Waals surface area contributed by atoms with E-state index in [0.717, 1.165) is 20.0 Å². The summed E-state index contributed by atoms with van der Waals surface area (Å²) in [6.07, 6.45) is 0. The number of anilines is 2. The van der Waals surface area contributed by atoms with Crippen LogP contribution in [0.2, 0.25) is 5.15 Å². The van der Waals surface area contributed by atoms with Gasteiger partial charge in [0.2, 0.25) is 0 Å². The van der Waals surface area contributed by atoms with Gasteiger partial charge in [0.1, 0.15) is 5.82 Å². The summed E-state index contributed by atoms with van der Waals surface area (Å²) in [6, 6.07) is 12.1. The number of benzene rings is 2. The van der Waals surface area contributed by atoms with Gasteiger partial charge in [0.15, 0.2) is 11.0 Å². The molecule has 100 valence electrons. The van der Waals surface area contributed by atoms with Crippen LogP contribution in [0.15, 0.2) is 42.5 Å². The molecule has 1 N–H and O–H groups in total. The lowest BCUT2D eigenvalue weighted by molar-refractivity contribution is 0.627. The monoisotopic (exact) mass is 399 g/mol. The van der Waals surface area contributed by atoms with Crippen LogP contribution in [0.1, 0.15) is 0 Å². The molecule has 2 aromatic carbocycles. The lowest BCUT2D eigenvalue weighted by Gasteiger charge is -2.10. The number of hydrogen-bond donors (Lipinski definition) is 1. The first-order valence-electron chi connectivity index (χ1n) is 5.78. The maximum atomic E-state index is 13.1. The van der Waals surface area contributed by atoms with Crippen LogP contribution < -0.4 is 5.32 Å². The fourth-order valence-corrected chi connectivity index (χ4v) is 2.70. The molecule has 0 aliphatic rings. The summed E-state index contributed by atoms with van der Waals surface area (Å²) in [6.45, 7) is 0. The van der Waals surface area contributed by atoms with E-state index < -0.39 is 0 Å². The third-order valence-electron chi connectivity index (χ3n) is 2.83. The van der Waals surface area contributed by atoms with Crippen LogP contribution in [-0.4, -0.2) is 10.2 Å². The molecule has 3 rings (SSSR count). The van der Waals surface area contributed by atoms with Crippen LogP contribution in [0.5, 0.6) is 0 Å². The van der Waals surface area contributed by atoms with Gasteiger partial charge in [-0.15, -0.1) is 10.2 Å². The van der Waals surface area contributed by atoms with Crippen molar-refractivity contribution in [2.45, 2.75) is 0 Å². The molecule has 0 amide bonds. The van der Waals surface area contributed by atoms with Crippen molar-refractivity contribution >= 4 is 56.5 Å². The molecule has 0 radical (unpaired) electrons. The number of rotatable bonds is 2. The molecule has 1 aromatic heterocycles. The van der Waals surface area contributed by atoms with Crippen molar-refractivity contribution in [3.05, 3.63) is 57.0 Å². The molecule has 0 spiro atoms. The highest BCUT2D eigenvalue weighted by Gasteiger charge is 2.09. The molecule has 0 aliphatic heterocycles. The van der Waals surface area contributed by atoms with E-state index in [1.165, 1.54) is 12.1 Å². The van der Waals surface area contributed by atoms with Gasteiger partial charge in [0.05, 0.1) is 5.69 Å². The molecule has 0 bridgehead atoms. The number of halogens is 3. The van der Waals surface area contributed by atoms with Gasteiger partial charge in [-0.25, -0.2) is 4.39 Å². The number of fused-ring (bicyclic) bond motifs is 1. The molecule has 3 nitrogen and oxygen atoms in total. The minimum atomic E-state index is -0.271. The largest absolute Gasteiger partial charge is 0.337 e. The van der Waals surface area contributed by atoms with E-state index in [1.807, 2.05) is 24.3 Å². The smallest absolute Gasteiger partial charge is 0.161 e. The minimum Gasteiger partial charge on any atom is -0.337 e. The maximum Gasteiger partial charge on any atom is 0.161 e. The zero-order valence-corrected chi connectivity index (χ0v) is 13.0. The number of nitrogens with one attached hydrogen (secondary N) is 1. The third-order valence-corrected chi connectivity index (χ3v) is 4.00. The fraction of sp³-hybridized carbons (Fsp3) is 0. The van der Waals surface area contributed by atoms with Crippen molar-refractivity contribution in [3.8, 4) is 0 Å². The lowest BCUT2D eigenvalue weighted by Crippen LogP contribution is -1.99. The summed E-state index contributed by atoms with van der Waals surface area (Å²) in [5.74, 6) is 0.321. The Kier molecular flexibility index (Phi) is 3.71. The van der Waals surface area contributed by atoms with Crippen molar-refractivity contribution in [2.24, 2.45) is 0 Å². The zero-order valence-electron chi connectivity index (χ0n) is 10.1. The summed E-state index contributed by atoms with van der Waals surface area (Å²) < 4.78 is 13.9. The van der Waals surface area contributed by atoms with E-state index in [4.69, 9.17) is 11.6 Å². The first-order chi connectivity index (χ1) is 9.65. The third kappa shape index (κ3) is 2.55. The van der Waals surface area contributed by atoms with Gasteiger partial charge in [0.25, 0.3) is 0 Å². The molecule has 0 aliphatic carbocycles. The van der Waals surface area contributed by atoms with E-state index in [0.29, 0.717) is 11.0 Å². The van der Waals surface area contributed by atoms with Gasteiger partial charge in [-0.2, -0.15) is 0 Å². The summed E-state index contributed by atoms with van der Waals surface area (Å²) >= 11 is 8.10. The van der Waals surface area contributed by atoms with Gasteiger partial charge in [0, 0.05) is 14.3 Å². The predicted molar refractivity (Wildman–Crippen MR) is 86.9 cm³/mol. The second-order valence-electron chi connectivity index (χ2n) is 4.13. The Morgan fingerprint density at radius 3 is 2.55 bits per heavy atom. The van der Waals surface area contributed by atoms with Crippen LogP contribution in [0.4, 0.5) is 15.9 Å². The van der Waals surface area contributed by atoms with Crippen LogP contribution in [0.3, 0.4) is 0 Å². The first kappa shape index (κ1) is 13.5. The number of nitrogens with zero attached hydrogens (tertiary/aromatic N) is 2. The van der Waals surface area contributed by atoms with Gasteiger partial charge >= 0.3 is 0 Å². The normalized spacial score (nSPS) is 10.8. The summed E-state index contributed by atoms with van der Waals surface area (Å²) in [5, 5.41) is 13.2. The Labute approximate surface area is 133 Å². The Balaban J connectivity index is 2.09. The molecular weight excluding hydrogens is 392 g/mol. The van der Waals surface area contributed by atoms with Gasteiger partial charge in [-0.3, -0.25) is 0 Å². The standard InChI is InChI=1S/C14H8ClFIN3/c15-13-9-3-1-2-4-10(9)14(20-19-13)18-12-6-5-8(16)7-11(12)17/h1-7H,(H,18,20). The highest BCUT2D eigenvalue weighted by molar-refractivity contribution is 14.1. The van der Waals surface area contributed by atoms with Gasteiger partial charge in [-0.1, -0.05) is 35.9 Å².